The molecule has 4 rings (SSSR count). The summed E-state index contributed by atoms with van der Waals surface area (Å²) >= 11 is 0. The zero-order valence-electron chi connectivity index (χ0n) is 28.2. The van der Waals surface area contributed by atoms with E-state index in [1.54, 1.807) is 48.5 Å². The van der Waals surface area contributed by atoms with E-state index >= 15 is 0 Å². The second-order valence-electron chi connectivity index (χ2n) is 12.6. The lowest BCUT2D eigenvalue weighted by molar-refractivity contribution is -0.148. The van der Waals surface area contributed by atoms with Crippen molar-refractivity contribution < 1.29 is 34.2 Å². The standard InChI is InChI=1S/C37H46N6O7/c38-19-34(47)43(30-9-5-2-6-10-30)26-37(50)42(22-29-13-17-32(45)18-14-29)25-36(49)41(21-28-11-15-31(44)16-12-28)24-35(48)40(23-33(39)46)20-27-7-3-1-4-8-27/h1,3-4,7-8,11-18,30,44-45H,2,5-6,9-10,19-26,38H2,(H2,39,46). The summed E-state index contributed by atoms with van der Waals surface area (Å²) in [4.78, 5) is 72.2. The third-order valence-electron chi connectivity index (χ3n) is 8.71. The van der Waals surface area contributed by atoms with Gasteiger partial charge < -0.3 is 41.3 Å². The molecule has 0 heterocycles. The summed E-state index contributed by atoms with van der Waals surface area (Å²) in [5.41, 5.74) is 13.2. The molecule has 13 nitrogen and oxygen atoms in total. The number of benzene rings is 3. The Kier molecular flexibility index (Phi) is 13.7. The Bertz CT molecular complexity index is 1590. The van der Waals surface area contributed by atoms with Gasteiger partial charge in [0.1, 0.15) is 31.1 Å². The molecule has 0 saturated heterocycles. The van der Waals surface area contributed by atoms with E-state index in [1.165, 1.54) is 43.9 Å². The third kappa shape index (κ3) is 11.3. The molecule has 0 unspecified atom stereocenters. The van der Waals surface area contributed by atoms with Crippen LogP contribution in [0.2, 0.25) is 0 Å². The quantitative estimate of drug-likeness (QED) is 0.176. The topological polar surface area (TPSA) is 191 Å². The highest BCUT2D eigenvalue weighted by Crippen LogP contribution is 2.23. The van der Waals surface area contributed by atoms with E-state index in [4.69, 9.17) is 11.5 Å². The summed E-state index contributed by atoms with van der Waals surface area (Å²) < 4.78 is 0. The lowest BCUT2D eigenvalue weighted by Crippen LogP contribution is -2.52. The molecule has 0 radical (unpaired) electrons. The number of phenols is 2. The molecule has 0 aromatic heterocycles. The van der Waals surface area contributed by atoms with Crippen molar-refractivity contribution in [2.75, 3.05) is 32.7 Å². The monoisotopic (exact) mass is 686 g/mol. The van der Waals surface area contributed by atoms with E-state index in [0.717, 1.165) is 37.7 Å². The van der Waals surface area contributed by atoms with Crippen molar-refractivity contribution in [3.8, 4) is 11.5 Å². The molecule has 0 spiro atoms. The third-order valence-corrected chi connectivity index (χ3v) is 8.71. The second-order valence-corrected chi connectivity index (χ2v) is 12.6. The Balaban J connectivity index is 1.61. The van der Waals surface area contributed by atoms with E-state index < -0.39 is 36.7 Å². The lowest BCUT2D eigenvalue weighted by atomic mass is 9.94. The molecule has 266 valence electrons. The molecule has 50 heavy (non-hydrogen) atoms. The van der Waals surface area contributed by atoms with Gasteiger partial charge >= 0.3 is 0 Å². The van der Waals surface area contributed by atoms with E-state index in [0.29, 0.717) is 11.1 Å². The maximum atomic E-state index is 14.2. The summed E-state index contributed by atoms with van der Waals surface area (Å²) in [6.07, 6.45) is 4.42. The molecule has 13 heteroatoms. The molecule has 6 N–H and O–H groups in total. The number of rotatable bonds is 16. The van der Waals surface area contributed by atoms with E-state index in [1.807, 2.05) is 6.07 Å². The molecule has 0 bridgehead atoms. The van der Waals surface area contributed by atoms with Crippen LogP contribution in [-0.4, -0.2) is 98.1 Å². The van der Waals surface area contributed by atoms with Crippen LogP contribution >= 0.6 is 0 Å². The number of aromatic hydroxyl groups is 2. The van der Waals surface area contributed by atoms with Crippen LogP contribution in [0.25, 0.3) is 0 Å². The van der Waals surface area contributed by atoms with Gasteiger partial charge in [0.25, 0.3) is 0 Å². The SMILES string of the molecule is NCC(=O)N(CC(=O)N(CC(=O)N(CC(=O)N(CC(N)=O)Cc1ccccc1)Cc1ccc(O)cc1)Cc1ccc(O)cc1)C1CCCCC1. The highest BCUT2D eigenvalue weighted by Gasteiger charge is 2.31. The van der Waals surface area contributed by atoms with Gasteiger partial charge in [0.15, 0.2) is 0 Å². The van der Waals surface area contributed by atoms with Crippen LogP contribution in [0.3, 0.4) is 0 Å². The zero-order chi connectivity index (χ0) is 36.0. The fourth-order valence-electron chi connectivity index (χ4n) is 6.04. The highest BCUT2D eigenvalue weighted by molar-refractivity contribution is 5.91. The number of carbonyl (C=O) groups is 5. The van der Waals surface area contributed by atoms with Gasteiger partial charge in [0.05, 0.1) is 13.1 Å². The molecule has 1 fully saturated rings. The van der Waals surface area contributed by atoms with Gasteiger partial charge in [-0.15, -0.1) is 0 Å². The van der Waals surface area contributed by atoms with E-state index in [-0.39, 0.29) is 62.7 Å². The van der Waals surface area contributed by atoms with Crippen molar-refractivity contribution in [2.45, 2.75) is 57.8 Å². The number of phenolic OH excluding ortho intramolecular Hbond substituents is 2. The van der Waals surface area contributed by atoms with Crippen LogP contribution in [0.15, 0.2) is 78.9 Å². The Morgan fingerprint density at radius 1 is 0.560 bits per heavy atom. The first-order chi connectivity index (χ1) is 24.0. The van der Waals surface area contributed by atoms with Crippen LogP contribution in [0.5, 0.6) is 11.5 Å². The van der Waals surface area contributed by atoms with Gasteiger partial charge in [-0.3, -0.25) is 24.0 Å². The maximum absolute atomic E-state index is 14.2. The van der Waals surface area contributed by atoms with Gasteiger partial charge in [-0.25, -0.2) is 0 Å². The first kappa shape index (κ1) is 37.4. The smallest absolute Gasteiger partial charge is 0.242 e. The Morgan fingerprint density at radius 3 is 1.42 bits per heavy atom. The molecule has 0 aliphatic heterocycles. The minimum Gasteiger partial charge on any atom is -0.508 e. The van der Waals surface area contributed by atoms with Gasteiger partial charge in [-0.1, -0.05) is 73.9 Å². The molecule has 3 aromatic carbocycles. The molecule has 3 aromatic rings. The molecule has 1 aliphatic carbocycles. The summed E-state index contributed by atoms with van der Waals surface area (Å²) in [7, 11) is 0. The van der Waals surface area contributed by atoms with E-state index in [9.17, 15) is 34.2 Å². The van der Waals surface area contributed by atoms with Crippen LogP contribution < -0.4 is 11.5 Å². The van der Waals surface area contributed by atoms with Crippen molar-refractivity contribution in [1.29, 1.82) is 0 Å². The number of hydrogen-bond donors (Lipinski definition) is 4. The Labute approximate surface area is 292 Å². The minimum absolute atomic E-state index is 0.0109. The Hall–Kier alpha value is -5.43. The zero-order valence-corrected chi connectivity index (χ0v) is 28.2. The molecule has 0 atom stereocenters. The highest BCUT2D eigenvalue weighted by atomic mass is 16.3. The van der Waals surface area contributed by atoms with Gasteiger partial charge in [0.2, 0.25) is 29.5 Å². The largest absolute Gasteiger partial charge is 0.508 e. The number of nitrogens with two attached hydrogens (primary N) is 2. The Morgan fingerprint density at radius 2 is 0.980 bits per heavy atom. The van der Waals surface area contributed by atoms with Crippen LogP contribution in [0.1, 0.15) is 48.8 Å². The molecule has 1 saturated carbocycles. The maximum Gasteiger partial charge on any atom is 0.242 e. The lowest BCUT2D eigenvalue weighted by Gasteiger charge is -2.35. The van der Waals surface area contributed by atoms with Gasteiger partial charge in [-0.05, 0) is 53.8 Å². The van der Waals surface area contributed by atoms with Crippen molar-refractivity contribution in [1.82, 2.24) is 19.6 Å². The van der Waals surface area contributed by atoms with Crippen molar-refractivity contribution in [3.63, 3.8) is 0 Å². The molecule has 5 amide bonds. The van der Waals surface area contributed by atoms with Crippen LogP contribution in [0, 0.1) is 0 Å². The van der Waals surface area contributed by atoms with Gasteiger partial charge in [0, 0.05) is 25.7 Å². The van der Waals surface area contributed by atoms with Crippen LogP contribution in [-0.2, 0) is 43.6 Å². The first-order valence-corrected chi connectivity index (χ1v) is 16.7. The summed E-state index contributed by atoms with van der Waals surface area (Å²) in [5, 5.41) is 19.6. The fraction of sp³-hybridized carbons (Fsp3) is 0.378. The number of amides is 5. The normalized spacial score (nSPS) is 12.9. The summed E-state index contributed by atoms with van der Waals surface area (Å²) in [6.45, 7) is -1.73. The number of hydrogen-bond acceptors (Lipinski definition) is 8. The fourth-order valence-corrected chi connectivity index (χ4v) is 6.04. The van der Waals surface area contributed by atoms with Crippen molar-refractivity contribution in [3.05, 3.63) is 95.6 Å². The number of primary amides is 1. The number of nitrogens with zero attached hydrogens (tertiary/aromatic N) is 4. The molecular weight excluding hydrogens is 640 g/mol. The predicted molar refractivity (Wildman–Crippen MR) is 186 cm³/mol. The molecular formula is C37H46N6O7. The van der Waals surface area contributed by atoms with Gasteiger partial charge in [-0.2, -0.15) is 0 Å². The predicted octanol–water partition coefficient (Wildman–Crippen LogP) is 2.09. The molecule has 1 aliphatic rings. The number of carbonyl (C=O) groups excluding carboxylic acids is 5. The summed E-state index contributed by atoms with van der Waals surface area (Å²) in [6, 6.07) is 21.3. The average Bonchev–Trinajstić information content (AvgIpc) is 3.11. The second kappa shape index (κ2) is 18.4. The minimum atomic E-state index is -0.717. The van der Waals surface area contributed by atoms with E-state index in [2.05, 4.69) is 0 Å². The summed E-state index contributed by atoms with van der Waals surface area (Å²) in [5.74, 6) is -2.58. The van der Waals surface area contributed by atoms with Crippen molar-refractivity contribution in [2.24, 2.45) is 11.5 Å². The van der Waals surface area contributed by atoms with Crippen molar-refractivity contribution >= 4 is 29.5 Å². The van der Waals surface area contributed by atoms with Crippen LogP contribution in [0.4, 0.5) is 0 Å². The first-order valence-electron chi connectivity index (χ1n) is 16.7. The average molecular weight is 687 g/mol.